The maximum Gasteiger partial charge on any atom is 0.253 e. The molecule has 3 rings (SSSR count). The Morgan fingerprint density at radius 1 is 1.27 bits per heavy atom. The Morgan fingerprint density at radius 3 is 2.50 bits per heavy atom. The van der Waals surface area contributed by atoms with E-state index < -0.39 is 4.11 Å². The number of alkyl halides is 1. The first-order valence-electron chi connectivity index (χ1n) is 10.4. The van der Waals surface area contributed by atoms with Gasteiger partial charge in [0, 0.05) is 24.8 Å². The summed E-state index contributed by atoms with van der Waals surface area (Å²) >= 11 is 1.95. The van der Waals surface area contributed by atoms with Crippen LogP contribution in [0, 0.1) is 5.92 Å². The van der Waals surface area contributed by atoms with Crippen LogP contribution in [0.25, 0.3) is 11.1 Å². The van der Waals surface area contributed by atoms with Gasteiger partial charge >= 0.3 is 0 Å². The molecule has 7 heteroatoms. The third kappa shape index (κ3) is 5.63. The summed E-state index contributed by atoms with van der Waals surface area (Å²) < 4.78 is 4.63. The number of aliphatic hydroxyl groups excluding tert-OH is 1. The number of methoxy groups -OCH3 is 1. The molecule has 1 unspecified atom stereocenters. The van der Waals surface area contributed by atoms with Crippen molar-refractivity contribution in [3.8, 4) is 16.9 Å². The number of pyridine rings is 1. The molecule has 2 aromatic rings. The minimum atomic E-state index is -0.646. The van der Waals surface area contributed by atoms with Gasteiger partial charge in [-0.15, -0.1) is 0 Å². The number of anilines is 1. The number of amides is 1. The second kappa shape index (κ2) is 10.4. The van der Waals surface area contributed by atoms with Crippen molar-refractivity contribution in [1.82, 2.24) is 10.3 Å². The summed E-state index contributed by atoms with van der Waals surface area (Å²) in [6.07, 6.45) is 4.65. The van der Waals surface area contributed by atoms with Crippen molar-refractivity contribution in [1.29, 1.82) is 0 Å². The zero-order valence-corrected chi connectivity index (χ0v) is 19.9. The Hall–Kier alpha value is -1.87. The molecule has 1 aliphatic rings. The van der Waals surface area contributed by atoms with Gasteiger partial charge in [0.05, 0.1) is 18.7 Å². The number of ether oxygens (including phenoxy) is 1. The second-order valence-corrected chi connectivity index (χ2v) is 9.38. The average Bonchev–Trinajstić information content (AvgIpc) is 3.27. The SMILES string of the molecule is COc1ccc(-c2cc(C(=O)N[C@@H](CC(C)C)C(O)I)cnc2N2CCCC2)cc1. The molecule has 1 aliphatic heterocycles. The standard InChI is InChI=1S/C23H30IN3O3/c1-15(2)12-20(21(24)28)26-23(29)17-13-19(16-6-8-18(30-3)9-7-16)22(25-14-17)27-10-4-5-11-27/h6-9,13-15,20-21,28H,4-5,10-12H2,1-3H3,(H,26,29)/t20-,21?/m0/s1. The van der Waals surface area contributed by atoms with Gasteiger partial charge in [0.15, 0.2) is 0 Å². The first-order valence-corrected chi connectivity index (χ1v) is 11.7. The lowest BCUT2D eigenvalue weighted by Gasteiger charge is -2.23. The lowest BCUT2D eigenvalue weighted by atomic mass is 10.0. The summed E-state index contributed by atoms with van der Waals surface area (Å²) in [6, 6.07) is 9.42. The first-order chi connectivity index (χ1) is 14.4. The number of hydrogen-bond acceptors (Lipinski definition) is 5. The molecule has 1 aromatic heterocycles. The Morgan fingerprint density at radius 2 is 1.93 bits per heavy atom. The van der Waals surface area contributed by atoms with Crippen molar-refractivity contribution in [2.45, 2.75) is 43.3 Å². The van der Waals surface area contributed by atoms with Crippen LogP contribution in [0.4, 0.5) is 5.82 Å². The predicted molar refractivity (Wildman–Crippen MR) is 128 cm³/mol. The lowest BCUT2D eigenvalue weighted by molar-refractivity contribution is 0.0901. The fourth-order valence-electron chi connectivity index (χ4n) is 3.75. The number of halogens is 1. The van der Waals surface area contributed by atoms with Crippen molar-refractivity contribution in [2.75, 3.05) is 25.1 Å². The third-order valence-corrected chi connectivity index (χ3v) is 6.18. The molecule has 6 nitrogen and oxygen atoms in total. The fourth-order valence-corrected chi connectivity index (χ4v) is 4.22. The molecule has 2 heterocycles. The normalized spacial score (nSPS) is 15.9. The molecule has 2 atom stereocenters. The topological polar surface area (TPSA) is 74.7 Å². The molecule has 0 spiro atoms. The summed E-state index contributed by atoms with van der Waals surface area (Å²) in [5.74, 6) is 1.84. The molecule has 1 aromatic carbocycles. The van der Waals surface area contributed by atoms with Crippen LogP contribution < -0.4 is 15.0 Å². The largest absolute Gasteiger partial charge is 0.497 e. The zero-order chi connectivity index (χ0) is 21.7. The van der Waals surface area contributed by atoms with Crippen molar-refractivity contribution in [2.24, 2.45) is 5.92 Å². The number of aromatic nitrogens is 1. The molecular formula is C23H30IN3O3. The van der Waals surface area contributed by atoms with E-state index in [-0.39, 0.29) is 11.9 Å². The highest BCUT2D eigenvalue weighted by Gasteiger charge is 2.23. The molecule has 0 bridgehead atoms. The molecule has 0 radical (unpaired) electrons. The molecule has 1 fully saturated rings. The molecule has 0 aliphatic carbocycles. The molecule has 1 saturated heterocycles. The van der Waals surface area contributed by atoms with Crippen LogP contribution >= 0.6 is 22.6 Å². The lowest BCUT2D eigenvalue weighted by Crippen LogP contribution is -2.41. The monoisotopic (exact) mass is 523 g/mol. The smallest absolute Gasteiger partial charge is 0.253 e. The summed E-state index contributed by atoms with van der Waals surface area (Å²) in [6.45, 7) is 6.09. The predicted octanol–water partition coefficient (Wildman–Crippen LogP) is 4.26. The van der Waals surface area contributed by atoms with E-state index in [9.17, 15) is 9.90 Å². The van der Waals surface area contributed by atoms with Crippen LogP contribution in [0.15, 0.2) is 36.5 Å². The van der Waals surface area contributed by atoms with E-state index >= 15 is 0 Å². The Kier molecular flexibility index (Phi) is 7.93. The number of hydrogen-bond donors (Lipinski definition) is 2. The van der Waals surface area contributed by atoms with Crippen LogP contribution in [0.5, 0.6) is 5.75 Å². The van der Waals surface area contributed by atoms with E-state index in [4.69, 9.17) is 4.74 Å². The third-order valence-electron chi connectivity index (χ3n) is 5.31. The van der Waals surface area contributed by atoms with E-state index in [1.165, 1.54) is 0 Å². The molecule has 2 N–H and O–H groups in total. The number of nitrogens with zero attached hydrogens (tertiary/aromatic N) is 2. The summed E-state index contributed by atoms with van der Waals surface area (Å²) in [5, 5.41) is 13.0. The van der Waals surface area contributed by atoms with Crippen molar-refractivity contribution in [3.63, 3.8) is 0 Å². The van der Waals surface area contributed by atoms with Gasteiger partial charge < -0.3 is 20.1 Å². The fraction of sp³-hybridized carbons (Fsp3) is 0.478. The minimum absolute atomic E-state index is 0.216. The molecule has 0 saturated carbocycles. The summed E-state index contributed by atoms with van der Waals surface area (Å²) in [5.41, 5.74) is 2.42. The van der Waals surface area contributed by atoms with Gasteiger partial charge in [0.1, 0.15) is 15.7 Å². The maximum absolute atomic E-state index is 13.0. The van der Waals surface area contributed by atoms with E-state index in [1.54, 1.807) is 13.3 Å². The summed E-state index contributed by atoms with van der Waals surface area (Å²) in [7, 11) is 1.65. The van der Waals surface area contributed by atoms with Crippen molar-refractivity contribution < 1.29 is 14.6 Å². The maximum atomic E-state index is 13.0. The van der Waals surface area contributed by atoms with Gasteiger partial charge in [-0.1, -0.05) is 26.0 Å². The molecule has 162 valence electrons. The number of aliphatic hydroxyl groups is 1. The highest BCUT2D eigenvalue weighted by Crippen LogP contribution is 2.33. The Balaban J connectivity index is 1.93. The van der Waals surface area contributed by atoms with Gasteiger partial charge in [-0.2, -0.15) is 0 Å². The second-order valence-electron chi connectivity index (χ2n) is 8.10. The molecule has 1 amide bonds. The number of carbonyl (C=O) groups is 1. The number of carbonyl (C=O) groups excluding carboxylic acids is 1. The molecule has 30 heavy (non-hydrogen) atoms. The van der Waals surface area contributed by atoms with Gasteiger partial charge in [0.25, 0.3) is 5.91 Å². The van der Waals surface area contributed by atoms with E-state index in [0.29, 0.717) is 17.9 Å². The van der Waals surface area contributed by atoms with Gasteiger partial charge in [-0.05, 0) is 71.5 Å². The van der Waals surface area contributed by atoms with Crippen molar-refractivity contribution >= 4 is 34.3 Å². The average molecular weight is 523 g/mol. The number of rotatable bonds is 8. The number of nitrogens with one attached hydrogen (secondary N) is 1. The van der Waals surface area contributed by atoms with Gasteiger partial charge in [0.2, 0.25) is 0 Å². The van der Waals surface area contributed by atoms with Crippen LogP contribution in [0.1, 0.15) is 43.5 Å². The first kappa shape index (κ1) is 22.8. The highest BCUT2D eigenvalue weighted by molar-refractivity contribution is 14.1. The Bertz CT molecular complexity index is 849. The minimum Gasteiger partial charge on any atom is -0.497 e. The van der Waals surface area contributed by atoms with Gasteiger partial charge in [-0.3, -0.25) is 4.79 Å². The van der Waals surface area contributed by atoms with E-state index in [2.05, 4.69) is 29.0 Å². The van der Waals surface area contributed by atoms with E-state index in [1.807, 2.05) is 52.9 Å². The van der Waals surface area contributed by atoms with Gasteiger partial charge in [-0.25, -0.2) is 4.98 Å². The highest BCUT2D eigenvalue weighted by atomic mass is 127. The van der Waals surface area contributed by atoms with Crippen molar-refractivity contribution in [3.05, 3.63) is 42.1 Å². The van der Waals surface area contributed by atoms with Crippen LogP contribution in [0.3, 0.4) is 0 Å². The summed E-state index contributed by atoms with van der Waals surface area (Å²) in [4.78, 5) is 19.9. The number of benzene rings is 1. The Labute approximate surface area is 192 Å². The molecular weight excluding hydrogens is 493 g/mol. The van der Waals surface area contributed by atoms with Crippen LogP contribution in [0.2, 0.25) is 0 Å². The van der Waals surface area contributed by atoms with Crippen LogP contribution in [-0.4, -0.2) is 46.3 Å². The van der Waals surface area contributed by atoms with Crippen LogP contribution in [-0.2, 0) is 0 Å². The van der Waals surface area contributed by atoms with E-state index in [0.717, 1.165) is 48.6 Å². The quantitative estimate of drug-likeness (QED) is 0.400. The zero-order valence-electron chi connectivity index (χ0n) is 17.8.